The molecule has 3 aromatic rings. The van der Waals surface area contributed by atoms with Gasteiger partial charge in [0.05, 0.1) is 0 Å². The van der Waals surface area contributed by atoms with E-state index in [0.717, 1.165) is 12.0 Å². The molecule has 0 radical (unpaired) electrons. The topological polar surface area (TPSA) is 94.2 Å². The second-order valence-corrected chi connectivity index (χ2v) is 9.29. The number of ether oxygens (including phenoxy) is 1. The van der Waals surface area contributed by atoms with Crippen LogP contribution in [0.25, 0.3) is 11.5 Å². The minimum atomic E-state index is -0.762. The summed E-state index contributed by atoms with van der Waals surface area (Å²) >= 11 is 0. The molecule has 1 amide bonds. The fourth-order valence-electron chi connectivity index (χ4n) is 3.73. The number of rotatable bonds is 2. The predicted molar refractivity (Wildman–Crippen MR) is 122 cm³/mol. The molecule has 0 aromatic carbocycles. The van der Waals surface area contributed by atoms with Crippen LogP contribution in [0.4, 0.5) is 4.79 Å². The summed E-state index contributed by atoms with van der Waals surface area (Å²) in [5.41, 5.74) is 0.654. The van der Waals surface area contributed by atoms with Crippen LogP contribution < -0.4 is 0 Å². The van der Waals surface area contributed by atoms with E-state index in [2.05, 4.69) is 38.9 Å². The third-order valence-electron chi connectivity index (χ3n) is 5.77. The molecule has 1 saturated heterocycles. The quantitative estimate of drug-likeness (QED) is 0.539. The molecule has 0 spiro atoms. The molecule has 1 aliphatic heterocycles. The summed E-state index contributed by atoms with van der Waals surface area (Å²) in [6.45, 7) is 10.1. The number of likely N-dealkylation sites (tertiary alicyclic amines) is 1. The average Bonchev–Trinajstić information content (AvgIpc) is 3.39. The van der Waals surface area contributed by atoms with Crippen LogP contribution in [0.1, 0.15) is 58.2 Å². The Kier molecular flexibility index (Phi) is 5.90. The van der Waals surface area contributed by atoms with Crippen molar-refractivity contribution in [3.05, 3.63) is 59.9 Å². The zero-order valence-corrected chi connectivity index (χ0v) is 19.5. The van der Waals surface area contributed by atoms with Crippen molar-refractivity contribution in [2.45, 2.75) is 52.2 Å². The Labute approximate surface area is 193 Å². The standard InChI is InChI=1S/C25H27N5O3/c1-17-13-15-30(23(31)32-24(2,3)4)25(17,5)22-28-21(29-33-22)20-12-10-18(16-27-20)9-11-19-8-6-7-14-26-19/h6-8,10,12,14,16-17H,13,15H2,1-5H3/t17-,25-/m0/s1. The fourth-order valence-corrected chi connectivity index (χ4v) is 3.73. The monoisotopic (exact) mass is 445 g/mol. The van der Waals surface area contributed by atoms with Crippen LogP contribution in [0.2, 0.25) is 0 Å². The molecule has 4 rings (SSSR count). The van der Waals surface area contributed by atoms with E-state index < -0.39 is 11.1 Å². The van der Waals surface area contributed by atoms with Crippen LogP contribution in [0.3, 0.4) is 0 Å². The first-order valence-corrected chi connectivity index (χ1v) is 10.9. The molecule has 1 fully saturated rings. The highest BCUT2D eigenvalue weighted by Gasteiger charge is 2.51. The summed E-state index contributed by atoms with van der Waals surface area (Å²) in [6.07, 6.45) is 3.79. The molecule has 4 heterocycles. The van der Waals surface area contributed by atoms with Crippen molar-refractivity contribution in [3.63, 3.8) is 0 Å². The molecule has 8 nitrogen and oxygen atoms in total. The van der Waals surface area contributed by atoms with E-state index in [-0.39, 0.29) is 12.0 Å². The minimum Gasteiger partial charge on any atom is -0.444 e. The lowest BCUT2D eigenvalue weighted by atomic mass is 9.88. The lowest BCUT2D eigenvalue weighted by Crippen LogP contribution is -2.47. The highest BCUT2D eigenvalue weighted by atomic mass is 16.6. The van der Waals surface area contributed by atoms with E-state index in [4.69, 9.17) is 9.26 Å². The van der Waals surface area contributed by atoms with Gasteiger partial charge in [-0.2, -0.15) is 4.98 Å². The molecule has 2 atom stereocenters. The van der Waals surface area contributed by atoms with Gasteiger partial charge in [0.25, 0.3) is 5.89 Å². The lowest BCUT2D eigenvalue weighted by Gasteiger charge is -2.35. The third-order valence-corrected chi connectivity index (χ3v) is 5.77. The van der Waals surface area contributed by atoms with E-state index in [1.807, 2.05) is 52.0 Å². The summed E-state index contributed by atoms with van der Waals surface area (Å²) in [4.78, 5) is 27.8. The molecule has 170 valence electrons. The van der Waals surface area contributed by atoms with Crippen LogP contribution in [-0.4, -0.2) is 43.2 Å². The van der Waals surface area contributed by atoms with Crippen molar-refractivity contribution in [1.82, 2.24) is 25.0 Å². The number of pyridine rings is 2. The van der Waals surface area contributed by atoms with Gasteiger partial charge in [-0.15, -0.1) is 0 Å². The lowest BCUT2D eigenvalue weighted by molar-refractivity contribution is -0.00161. The Hall–Kier alpha value is -3.73. The Morgan fingerprint density at radius 1 is 1.21 bits per heavy atom. The third kappa shape index (κ3) is 4.72. The summed E-state index contributed by atoms with van der Waals surface area (Å²) in [6, 6.07) is 9.23. The van der Waals surface area contributed by atoms with Gasteiger partial charge in [0.2, 0.25) is 5.82 Å². The van der Waals surface area contributed by atoms with Gasteiger partial charge in [0.1, 0.15) is 22.5 Å². The second-order valence-electron chi connectivity index (χ2n) is 9.29. The van der Waals surface area contributed by atoms with E-state index in [0.29, 0.717) is 29.6 Å². The van der Waals surface area contributed by atoms with Gasteiger partial charge in [0.15, 0.2) is 0 Å². The highest BCUT2D eigenvalue weighted by molar-refractivity contribution is 5.70. The van der Waals surface area contributed by atoms with Gasteiger partial charge in [-0.3, -0.25) is 9.88 Å². The van der Waals surface area contributed by atoms with Crippen molar-refractivity contribution < 1.29 is 14.1 Å². The summed E-state index contributed by atoms with van der Waals surface area (Å²) < 4.78 is 11.2. The van der Waals surface area contributed by atoms with Crippen molar-refractivity contribution in [2.24, 2.45) is 5.92 Å². The van der Waals surface area contributed by atoms with Gasteiger partial charge in [-0.25, -0.2) is 9.78 Å². The molecular weight excluding hydrogens is 418 g/mol. The molecule has 0 aliphatic carbocycles. The molecule has 0 bridgehead atoms. The number of nitrogens with zero attached hydrogens (tertiary/aromatic N) is 5. The van der Waals surface area contributed by atoms with Crippen molar-refractivity contribution in [2.75, 3.05) is 6.54 Å². The molecule has 0 N–H and O–H groups in total. The van der Waals surface area contributed by atoms with Crippen LogP contribution in [0, 0.1) is 17.8 Å². The number of carbonyl (C=O) groups is 1. The maximum absolute atomic E-state index is 12.9. The smallest absolute Gasteiger partial charge is 0.411 e. The van der Waals surface area contributed by atoms with Crippen LogP contribution in [-0.2, 0) is 10.3 Å². The van der Waals surface area contributed by atoms with E-state index >= 15 is 0 Å². The number of amides is 1. The normalized spacial score (nSPS) is 20.3. The first-order valence-electron chi connectivity index (χ1n) is 10.9. The SMILES string of the molecule is C[C@H]1CCN(C(=O)OC(C)(C)C)[C@]1(C)c1nc(-c2ccc(C#Cc3ccccn3)cn2)no1. The van der Waals surface area contributed by atoms with E-state index in [1.54, 1.807) is 23.4 Å². The predicted octanol–water partition coefficient (Wildman–Crippen LogP) is 4.42. The maximum atomic E-state index is 12.9. The Bertz CT molecular complexity index is 1190. The van der Waals surface area contributed by atoms with Gasteiger partial charge >= 0.3 is 6.09 Å². The number of carbonyl (C=O) groups excluding carboxylic acids is 1. The van der Waals surface area contributed by atoms with Crippen LogP contribution in [0.5, 0.6) is 0 Å². The number of hydrogen-bond donors (Lipinski definition) is 0. The molecule has 0 unspecified atom stereocenters. The van der Waals surface area contributed by atoms with E-state index in [1.165, 1.54) is 0 Å². The van der Waals surface area contributed by atoms with Gasteiger partial charge in [0, 0.05) is 24.5 Å². The first-order chi connectivity index (χ1) is 15.7. The first kappa shape index (κ1) is 22.5. The highest BCUT2D eigenvalue weighted by Crippen LogP contribution is 2.43. The average molecular weight is 446 g/mol. The summed E-state index contributed by atoms with van der Waals surface area (Å²) in [5, 5.41) is 4.13. The largest absolute Gasteiger partial charge is 0.444 e. The summed E-state index contributed by atoms with van der Waals surface area (Å²) in [7, 11) is 0. The molecule has 0 saturated carbocycles. The van der Waals surface area contributed by atoms with Crippen LogP contribution in [0.15, 0.2) is 47.2 Å². The minimum absolute atomic E-state index is 0.121. The molecule has 1 aliphatic rings. The van der Waals surface area contributed by atoms with Crippen molar-refractivity contribution in [1.29, 1.82) is 0 Å². The van der Waals surface area contributed by atoms with Gasteiger partial charge in [-0.05, 0) is 70.2 Å². The number of hydrogen-bond acceptors (Lipinski definition) is 7. The van der Waals surface area contributed by atoms with Gasteiger partial charge < -0.3 is 9.26 Å². The second kappa shape index (κ2) is 8.66. The molecule has 8 heteroatoms. The Morgan fingerprint density at radius 2 is 2.03 bits per heavy atom. The maximum Gasteiger partial charge on any atom is 0.411 e. The zero-order valence-electron chi connectivity index (χ0n) is 19.5. The molecule has 33 heavy (non-hydrogen) atoms. The Morgan fingerprint density at radius 3 is 2.70 bits per heavy atom. The van der Waals surface area contributed by atoms with Gasteiger partial charge in [-0.1, -0.05) is 24.1 Å². The molecule has 3 aromatic heterocycles. The van der Waals surface area contributed by atoms with E-state index in [9.17, 15) is 4.79 Å². The van der Waals surface area contributed by atoms with Crippen LogP contribution >= 0.6 is 0 Å². The summed E-state index contributed by atoms with van der Waals surface area (Å²) in [5.74, 6) is 6.89. The Balaban J connectivity index is 1.55. The van der Waals surface area contributed by atoms with Crippen molar-refractivity contribution in [3.8, 4) is 23.4 Å². The molecular formula is C25H27N5O3. The zero-order chi connectivity index (χ0) is 23.6. The van der Waals surface area contributed by atoms with Crippen molar-refractivity contribution >= 4 is 6.09 Å². The fraction of sp³-hybridized carbons (Fsp3) is 0.400. The number of aromatic nitrogens is 4.